The van der Waals surface area contributed by atoms with E-state index in [0.29, 0.717) is 11.3 Å². The Balaban J connectivity index is 2.71. The second-order valence-electron chi connectivity index (χ2n) is 4.20. The van der Waals surface area contributed by atoms with Crippen LogP contribution in [0.5, 0.6) is 0 Å². The first kappa shape index (κ1) is 16.1. The van der Waals surface area contributed by atoms with E-state index in [-0.39, 0.29) is 6.54 Å². The first-order chi connectivity index (χ1) is 9.31. The molecule has 1 rings (SSSR count). The number of halogens is 3. The molecule has 0 aliphatic carbocycles. The first-order valence-corrected chi connectivity index (χ1v) is 5.98. The predicted octanol–water partition coefficient (Wildman–Crippen LogP) is 2.59. The minimum Gasteiger partial charge on any atom is -0.326 e. The van der Waals surface area contributed by atoms with E-state index in [9.17, 15) is 18.0 Å². The van der Waals surface area contributed by atoms with Crippen LogP contribution in [0.1, 0.15) is 24.0 Å². The molecule has 0 saturated carbocycles. The molecule has 1 aromatic carbocycles. The summed E-state index contributed by atoms with van der Waals surface area (Å²) >= 11 is 0. The van der Waals surface area contributed by atoms with E-state index in [0.717, 1.165) is 5.56 Å². The van der Waals surface area contributed by atoms with Crippen molar-refractivity contribution in [3.63, 3.8) is 0 Å². The Morgan fingerprint density at radius 1 is 1.40 bits per heavy atom. The van der Waals surface area contributed by atoms with Crippen LogP contribution in [0.25, 0.3) is 0 Å². The van der Waals surface area contributed by atoms with Gasteiger partial charge in [-0.1, -0.05) is 17.9 Å². The molecule has 3 N–H and O–H groups in total. The fourth-order valence-electron chi connectivity index (χ4n) is 1.46. The quantitative estimate of drug-likeness (QED) is 0.838. The van der Waals surface area contributed by atoms with Crippen molar-refractivity contribution in [1.29, 1.82) is 0 Å². The first-order valence-electron chi connectivity index (χ1n) is 5.98. The number of nitrogens with one attached hydrogen (secondary N) is 1. The summed E-state index contributed by atoms with van der Waals surface area (Å²) in [4.78, 5) is 11.4. The molecule has 20 heavy (non-hydrogen) atoms. The maximum absolute atomic E-state index is 12.0. The molecular weight excluding hydrogens is 269 g/mol. The summed E-state index contributed by atoms with van der Waals surface area (Å²) in [6.07, 6.45) is -6.06. The standard InChI is InChI=1S/C14H15F3N2O/c1-10-4-5-12(9-11(10)3-2-8-18)19-13(20)6-7-14(15,16)17/h4-5,9H,6-8,18H2,1H3,(H,19,20). The maximum atomic E-state index is 12.0. The summed E-state index contributed by atoms with van der Waals surface area (Å²) in [7, 11) is 0. The lowest BCUT2D eigenvalue weighted by Crippen LogP contribution is -2.16. The fraction of sp³-hybridized carbons (Fsp3) is 0.357. The highest BCUT2D eigenvalue weighted by atomic mass is 19.4. The number of carbonyl (C=O) groups is 1. The van der Waals surface area contributed by atoms with Gasteiger partial charge in [-0.3, -0.25) is 4.79 Å². The van der Waals surface area contributed by atoms with Crippen molar-refractivity contribution in [2.24, 2.45) is 5.73 Å². The van der Waals surface area contributed by atoms with Gasteiger partial charge in [0.05, 0.1) is 13.0 Å². The minimum atomic E-state index is -4.33. The number of anilines is 1. The van der Waals surface area contributed by atoms with E-state index in [1.54, 1.807) is 18.2 Å². The Kier molecular flexibility index (Phi) is 5.59. The van der Waals surface area contributed by atoms with E-state index < -0.39 is 24.9 Å². The molecule has 0 atom stereocenters. The summed E-state index contributed by atoms with van der Waals surface area (Å²) in [6, 6.07) is 4.97. The highest BCUT2D eigenvalue weighted by Gasteiger charge is 2.27. The van der Waals surface area contributed by atoms with Gasteiger partial charge >= 0.3 is 6.18 Å². The number of amides is 1. The normalized spacial score (nSPS) is 10.7. The molecule has 0 radical (unpaired) electrons. The van der Waals surface area contributed by atoms with Crippen molar-refractivity contribution in [3.05, 3.63) is 29.3 Å². The van der Waals surface area contributed by atoms with Crippen molar-refractivity contribution >= 4 is 11.6 Å². The largest absolute Gasteiger partial charge is 0.389 e. The number of nitrogens with two attached hydrogens (primary N) is 1. The zero-order valence-corrected chi connectivity index (χ0v) is 11.0. The van der Waals surface area contributed by atoms with Gasteiger partial charge < -0.3 is 11.1 Å². The molecule has 108 valence electrons. The Morgan fingerprint density at radius 3 is 2.70 bits per heavy atom. The van der Waals surface area contributed by atoms with Crippen LogP contribution < -0.4 is 11.1 Å². The third-order valence-corrected chi connectivity index (χ3v) is 2.48. The van der Waals surface area contributed by atoms with Crippen LogP contribution in [0.15, 0.2) is 18.2 Å². The third kappa shape index (κ3) is 5.76. The van der Waals surface area contributed by atoms with Crippen molar-refractivity contribution in [3.8, 4) is 11.8 Å². The molecular formula is C14H15F3N2O. The van der Waals surface area contributed by atoms with Crippen LogP contribution in [0, 0.1) is 18.8 Å². The van der Waals surface area contributed by atoms with Crippen LogP contribution in [-0.4, -0.2) is 18.6 Å². The van der Waals surface area contributed by atoms with Crippen LogP contribution in [-0.2, 0) is 4.79 Å². The summed E-state index contributed by atoms with van der Waals surface area (Å²) < 4.78 is 36.0. The number of hydrogen-bond acceptors (Lipinski definition) is 2. The lowest BCUT2D eigenvalue weighted by molar-refractivity contribution is -0.142. The fourth-order valence-corrected chi connectivity index (χ4v) is 1.46. The molecule has 0 unspecified atom stereocenters. The van der Waals surface area contributed by atoms with Crippen LogP contribution >= 0.6 is 0 Å². The summed E-state index contributed by atoms with van der Waals surface area (Å²) in [5.41, 5.74) is 7.28. The van der Waals surface area contributed by atoms with Gasteiger partial charge in [0.1, 0.15) is 0 Å². The van der Waals surface area contributed by atoms with Gasteiger partial charge in [0.25, 0.3) is 0 Å². The zero-order chi connectivity index (χ0) is 15.2. The lowest BCUT2D eigenvalue weighted by atomic mass is 10.1. The monoisotopic (exact) mass is 284 g/mol. The number of hydrogen-bond donors (Lipinski definition) is 2. The van der Waals surface area contributed by atoms with Crippen LogP contribution in [0.4, 0.5) is 18.9 Å². The number of rotatable bonds is 3. The highest BCUT2D eigenvalue weighted by molar-refractivity contribution is 5.90. The van der Waals surface area contributed by atoms with E-state index in [1.807, 2.05) is 6.92 Å². The second kappa shape index (κ2) is 6.96. The Morgan fingerprint density at radius 2 is 2.10 bits per heavy atom. The van der Waals surface area contributed by atoms with Crippen molar-refractivity contribution < 1.29 is 18.0 Å². The molecule has 3 nitrogen and oxygen atoms in total. The Bertz CT molecular complexity index is 542. The summed E-state index contributed by atoms with van der Waals surface area (Å²) in [5, 5.41) is 2.42. The SMILES string of the molecule is Cc1ccc(NC(=O)CCC(F)(F)F)cc1C#CCN. The van der Waals surface area contributed by atoms with Crippen LogP contribution in [0.2, 0.25) is 0 Å². The van der Waals surface area contributed by atoms with Gasteiger partial charge in [0, 0.05) is 17.7 Å². The Hall–Kier alpha value is -2.00. The molecule has 0 heterocycles. The number of benzene rings is 1. The number of carbonyl (C=O) groups excluding carboxylic acids is 1. The van der Waals surface area contributed by atoms with Gasteiger partial charge in [-0.25, -0.2) is 0 Å². The molecule has 1 aromatic rings. The number of alkyl halides is 3. The topological polar surface area (TPSA) is 55.1 Å². The van der Waals surface area contributed by atoms with Gasteiger partial charge in [-0.15, -0.1) is 0 Å². The second-order valence-corrected chi connectivity index (χ2v) is 4.20. The van der Waals surface area contributed by atoms with Crippen molar-refractivity contribution in [1.82, 2.24) is 0 Å². The van der Waals surface area contributed by atoms with E-state index in [1.165, 1.54) is 0 Å². The van der Waals surface area contributed by atoms with E-state index in [4.69, 9.17) is 5.73 Å². The van der Waals surface area contributed by atoms with E-state index in [2.05, 4.69) is 17.2 Å². The van der Waals surface area contributed by atoms with Gasteiger partial charge in [-0.2, -0.15) is 13.2 Å². The summed E-state index contributed by atoms with van der Waals surface area (Å²) in [6.45, 7) is 2.05. The molecule has 0 saturated heterocycles. The molecule has 0 aliphatic rings. The molecule has 0 aliphatic heterocycles. The van der Waals surface area contributed by atoms with E-state index >= 15 is 0 Å². The van der Waals surface area contributed by atoms with Gasteiger partial charge in [0.15, 0.2) is 0 Å². The predicted molar refractivity (Wildman–Crippen MR) is 71.0 cm³/mol. The minimum absolute atomic E-state index is 0.210. The average molecular weight is 284 g/mol. The molecule has 0 aromatic heterocycles. The van der Waals surface area contributed by atoms with Crippen molar-refractivity contribution in [2.75, 3.05) is 11.9 Å². The number of aryl methyl sites for hydroxylation is 1. The summed E-state index contributed by atoms with van der Waals surface area (Å²) in [5.74, 6) is 4.85. The third-order valence-electron chi connectivity index (χ3n) is 2.48. The molecule has 1 amide bonds. The highest BCUT2D eigenvalue weighted by Crippen LogP contribution is 2.22. The van der Waals surface area contributed by atoms with Crippen molar-refractivity contribution in [2.45, 2.75) is 25.9 Å². The molecule has 6 heteroatoms. The Labute approximate surface area is 115 Å². The van der Waals surface area contributed by atoms with Gasteiger partial charge in [0.2, 0.25) is 5.91 Å². The lowest BCUT2D eigenvalue weighted by Gasteiger charge is -2.08. The molecule has 0 fully saturated rings. The smallest absolute Gasteiger partial charge is 0.326 e. The maximum Gasteiger partial charge on any atom is 0.389 e. The molecule has 0 bridgehead atoms. The zero-order valence-electron chi connectivity index (χ0n) is 11.0. The molecule has 0 spiro atoms. The average Bonchev–Trinajstić information content (AvgIpc) is 2.36. The van der Waals surface area contributed by atoms with Crippen LogP contribution in [0.3, 0.4) is 0 Å². The van der Waals surface area contributed by atoms with Gasteiger partial charge in [-0.05, 0) is 24.6 Å².